The average molecular weight is 306 g/mol. The van der Waals surface area contributed by atoms with E-state index in [2.05, 4.69) is 0 Å². The van der Waals surface area contributed by atoms with E-state index in [-0.39, 0.29) is 29.3 Å². The van der Waals surface area contributed by atoms with Gasteiger partial charge in [0.15, 0.2) is 9.84 Å². The summed E-state index contributed by atoms with van der Waals surface area (Å²) in [6.07, 6.45) is 1.67. The molecule has 0 aromatic carbocycles. The smallest absolute Gasteiger partial charge is 0.308 e. The van der Waals surface area contributed by atoms with Crippen molar-refractivity contribution in [3.05, 3.63) is 0 Å². The van der Waals surface area contributed by atoms with Crippen LogP contribution in [0, 0.1) is 11.8 Å². The molecule has 118 valence electrons. The minimum Gasteiger partial charge on any atom is -0.466 e. The second-order valence-corrected chi connectivity index (χ2v) is 8.31. The van der Waals surface area contributed by atoms with Crippen LogP contribution in [-0.2, 0) is 19.4 Å². The highest BCUT2D eigenvalue weighted by molar-refractivity contribution is 7.91. The Labute approximate surface area is 121 Å². The van der Waals surface area contributed by atoms with Crippen LogP contribution in [0.15, 0.2) is 0 Å². The van der Waals surface area contributed by atoms with Gasteiger partial charge in [0.05, 0.1) is 29.6 Å². The summed E-state index contributed by atoms with van der Waals surface area (Å²) in [5.41, 5.74) is -1.18. The van der Waals surface area contributed by atoms with Gasteiger partial charge in [-0.25, -0.2) is 8.42 Å². The van der Waals surface area contributed by atoms with Crippen molar-refractivity contribution < 1.29 is 23.1 Å². The number of hydrogen-bond donors (Lipinski definition) is 1. The third kappa shape index (κ3) is 5.40. The zero-order valence-corrected chi connectivity index (χ0v) is 13.4. The molecule has 1 fully saturated rings. The molecule has 20 heavy (non-hydrogen) atoms. The van der Waals surface area contributed by atoms with Crippen LogP contribution in [0.25, 0.3) is 0 Å². The summed E-state index contributed by atoms with van der Waals surface area (Å²) < 4.78 is 28.9. The molecular weight excluding hydrogens is 280 g/mol. The summed E-state index contributed by atoms with van der Waals surface area (Å²) in [6, 6.07) is 0. The van der Waals surface area contributed by atoms with Crippen molar-refractivity contribution in [2.45, 2.75) is 52.1 Å². The highest BCUT2D eigenvalue weighted by Gasteiger charge is 2.39. The number of ether oxygens (including phenoxy) is 1. The molecule has 1 aliphatic rings. The normalized spacial score (nSPS) is 27.6. The molecule has 0 aromatic heterocycles. The molecule has 0 radical (unpaired) electrons. The molecule has 1 saturated carbocycles. The Morgan fingerprint density at radius 2 is 1.90 bits per heavy atom. The zero-order valence-electron chi connectivity index (χ0n) is 12.6. The molecular formula is C14H26O5S. The summed E-state index contributed by atoms with van der Waals surface area (Å²) in [7, 11) is -3.25. The van der Waals surface area contributed by atoms with Crippen LogP contribution in [0.3, 0.4) is 0 Å². The maximum Gasteiger partial charge on any atom is 0.308 e. The third-order valence-electron chi connectivity index (χ3n) is 3.61. The van der Waals surface area contributed by atoms with Crippen molar-refractivity contribution >= 4 is 15.8 Å². The van der Waals surface area contributed by atoms with E-state index in [1.54, 1.807) is 6.92 Å². The van der Waals surface area contributed by atoms with E-state index in [0.717, 1.165) is 0 Å². The lowest BCUT2D eigenvalue weighted by Gasteiger charge is -2.35. The molecule has 0 aliphatic heterocycles. The first-order chi connectivity index (χ1) is 9.17. The van der Waals surface area contributed by atoms with Crippen LogP contribution in [-0.4, -0.2) is 43.2 Å². The fraction of sp³-hybridized carbons (Fsp3) is 0.929. The van der Waals surface area contributed by atoms with Gasteiger partial charge >= 0.3 is 5.97 Å². The highest BCUT2D eigenvalue weighted by atomic mass is 32.2. The Kier molecular flexibility index (Phi) is 6.01. The topological polar surface area (TPSA) is 80.7 Å². The first kappa shape index (κ1) is 17.4. The SMILES string of the molecule is CCOC(=O)C1CCC(O)(CS(=O)(=O)CC(C)C)CC1. The van der Waals surface area contributed by atoms with E-state index in [4.69, 9.17) is 4.74 Å². The number of rotatable bonds is 6. The molecule has 5 nitrogen and oxygen atoms in total. The average Bonchev–Trinajstić information content (AvgIpc) is 2.26. The van der Waals surface area contributed by atoms with E-state index in [1.807, 2.05) is 13.8 Å². The van der Waals surface area contributed by atoms with E-state index < -0.39 is 15.4 Å². The Bertz CT molecular complexity index is 419. The van der Waals surface area contributed by atoms with Crippen LogP contribution in [0.2, 0.25) is 0 Å². The Balaban J connectivity index is 2.56. The minimum absolute atomic E-state index is 0.0551. The van der Waals surface area contributed by atoms with Crippen molar-refractivity contribution in [3.63, 3.8) is 0 Å². The van der Waals surface area contributed by atoms with E-state index in [1.165, 1.54) is 0 Å². The van der Waals surface area contributed by atoms with Crippen LogP contribution < -0.4 is 0 Å². The van der Waals surface area contributed by atoms with Gasteiger partial charge in [0, 0.05) is 0 Å². The molecule has 1 aliphatic carbocycles. The summed E-state index contributed by atoms with van der Waals surface area (Å²) >= 11 is 0. The number of esters is 1. The maximum absolute atomic E-state index is 12.0. The van der Waals surface area contributed by atoms with Gasteiger partial charge in [-0.2, -0.15) is 0 Å². The first-order valence-electron chi connectivity index (χ1n) is 7.27. The fourth-order valence-electron chi connectivity index (χ4n) is 2.77. The van der Waals surface area contributed by atoms with E-state index in [0.29, 0.717) is 32.3 Å². The van der Waals surface area contributed by atoms with Gasteiger partial charge in [-0.3, -0.25) is 4.79 Å². The number of aliphatic hydroxyl groups is 1. The molecule has 0 spiro atoms. The summed E-state index contributed by atoms with van der Waals surface area (Å²) in [5, 5.41) is 10.4. The van der Waals surface area contributed by atoms with Crippen LogP contribution in [0.5, 0.6) is 0 Å². The Hall–Kier alpha value is -0.620. The Morgan fingerprint density at radius 1 is 1.35 bits per heavy atom. The molecule has 0 saturated heterocycles. The predicted octanol–water partition coefficient (Wildman–Crippen LogP) is 1.54. The lowest BCUT2D eigenvalue weighted by molar-refractivity contribution is -0.150. The van der Waals surface area contributed by atoms with Gasteiger partial charge < -0.3 is 9.84 Å². The Morgan fingerprint density at radius 3 is 2.35 bits per heavy atom. The van der Waals surface area contributed by atoms with Gasteiger partial charge in [-0.1, -0.05) is 13.8 Å². The lowest BCUT2D eigenvalue weighted by atomic mass is 9.80. The summed E-state index contributed by atoms with van der Waals surface area (Å²) in [4.78, 5) is 11.6. The molecule has 1 N–H and O–H groups in total. The van der Waals surface area contributed by atoms with Gasteiger partial charge in [0.2, 0.25) is 0 Å². The second-order valence-electron chi connectivity index (χ2n) is 6.20. The molecule has 0 atom stereocenters. The maximum atomic E-state index is 12.0. The van der Waals surface area contributed by atoms with Gasteiger partial charge in [-0.05, 0) is 38.5 Å². The lowest BCUT2D eigenvalue weighted by Crippen LogP contribution is -2.43. The monoisotopic (exact) mass is 306 g/mol. The number of sulfone groups is 1. The van der Waals surface area contributed by atoms with Crippen molar-refractivity contribution in [1.82, 2.24) is 0 Å². The minimum atomic E-state index is -3.25. The van der Waals surface area contributed by atoms with Crippen LogP contribution >= 0.6 is 0 Å². The molecule has 1 rings (SSSR count). The van der Waals surface area contributed by atoms with Crippen molar-refractivity contribution in [3.8, 4) is 0 Å². The molecule has 0 bridgehead atoms. The predicted molar refractivity (Wildman–Crippen MR) is 77.0 cm³/mol. The number of hydrogen-bond acceptors (Lipinski definition) is 5. The quantitative estimate of drug-likeness (QED) is 0.753. The standard InChI is InChI=1S/C14H26O5S/c1-4-19-13(15)12-5-7-14(16,8-6-12)10-20(17,18)9-11(2)3/h11-12,16H,4-10H2,1-3H3. The van der Waals surface area contributed by atoms with Gasteiger partial charge in [0.1, 0.15) is 0 Å². The van der Waals surface area contributed by atoms with Gasteiger partial charge in [0.25, 0.3) is 0 Å². The zero-order chi connectivity index (χ0) is 15.4. The molecule has 0 heterocycles. The van der Waals surface area contributed by atoms with Crippen molar-refractivity contribution in [1.29, 1.82) is 0 Å². The number of carbonyl (C=O) groups is 1. The fourth-order valence-corrected chi connectivity index (χ4v) is 5.01. The second kappa shape index (κ2) is 6.89. The highest BCUT2D eigenvalue weighted by Crippen LogP contribution is 2.34. The molecule has 0 unspecified atom stereocenters. The van der Waals surface area contributed by atoms with E-state index >= 15 is 0 Å². The molecule has 0 aromatic rings. The van der Waals surface area contributed by atoms with Crippen LogP contribution in [0.1, 0.15) is 46.5 Å². The van der Waals surface area contributed by atoms with Crippen LogP contribution in [0.4, 0.5) is 0 Å². The first-order valence-corrected chi connectivity index (χ1v) is 9.09. The molecule has 0 amide bonds. The van der Waals surface area contributed by atoms with Crippen molar-refractivity contribution in [2.75, 3.05) is 18.1 Å². The molecule has 6 heteroatoms. The number of carbonyl (C=O) groups excluding carboxylic acids is 1. The largest absolute Gasteiger partial charge is 0.466 e. The van der Waals surface area contributed by atoms with Gasteiger partial charge in [-0.15, -0.1) is 0 Å². The third-order valence-corrected chi connectivity index (χ3v) is 5.76. The van der Waals surface area contributed by atoms with Crippen molar-refractivity contribution in [2.24, 2.45) is 11.8 Å². The summed E-state index contributed by atoms with van der Waals surface area (Å²) in [5.74, 6) is -0.494. The summed E-state index contributed by atoms with van der Waals surface area (Å²) in [6.45, 7) is 5.80. The van der Waals surface area contributed by atoms with E-state index in [9.17, 15) is 18.3 Å².